The Balaban J connectivity index is 1.61. The second-order valence-corrected chi connectivity index (χ2v) is 7.38. The van der Waals surface area contributed by atoms with Crippen LogP contribution in [0.5, 0.6) is 11.5 Å². The van der Waals surface area contributed by atoms with Gasteiger partial charge >= 0.3 is 0 Å². The number of carbonyl (C=O) groups excluding carboxylic acids is 1. The van der Waals surface area contributed by atoms with E-state index in [4.69, 9.17) is 19.2 Å². The molecule has 1 atom stereocenters. The molecule has 4 rings (SSSR count). The monoisotopic (exact) mass is 419 g/mol. The Kier molecular flexibility index (Phi) is 6.31. The molecular weight excluding hydrogens is 394 g/mol. The molecule has 7 heteroatoms. The molecule has 2 aromatic carbocycles. The summed E-state index contributed by atoms with van der Waals surface area (Å²) in [6.45, 7) is 1.78. The Bertz CT molecular complexity index is 972. The van der Waals surface area contributed by atoms with Gasteiger partial charge in [0.1, 0.15) is 17.6 Å². The summed E-state index contributed by atoms with van der Waals surface area (Å²) in [7, 11) is 3.32. The molecule has 0 saturated heterocycles. The summed E-state index contributed by atoms with van der Waals surface area (Å²) in [5.41, 5.74) is 4.08. The van der Waals surface area contributed by atoms with Gasteiger partial charge in [-0.2, -0.15) is 0 Å². The quantitative estimate of drug-likeness (QED) is 0.488. The molecule has 3 aromatic rings. The van der Waals surface area contributed by atoms with Gasteiger partial charge in [-0.1, -0.05) is 24.3 Å². The SMILES string of the molecule is COc1ccc(CN(Cc2ccc(OC)cc2)c2ncc3c(n2)CCC3OC=O)cc1. The van der Waals surface area contributed by atoms with Gasteiger partial charge in [0, 0.05) is 24.8 Å². The summed E-state index contributed by atoms with van der Waals surface area (Å²) in [6.07, 6.45) is 3.04. The van der Waals surface area contributed by atoms with Crippen LogP contribution in [0.1, 0.15) is 34.9 Å². The van der Waals surface area contributed by atoms with E-state index in [0.717, 1.165) is 46.7 Å². The van der Waals surface area contributed by atoms with Crippen molar-refractivity contribution >= 4 is 12.4 Å². The molecule has 1 unspecified atom stereocenters. The van der Waals surface area contributed by atoms with Gasteiger partial charge in [-0.3, -0.25) is 4.79 Å². The van der Waals surface area contributed by atoms with Gasteiger partial charge in [0.05, 0.1) is 19.9 Å². The van der Waals surface area contributed by atoms with Gasteiger partial charge in [0.25, 0.3) is 6.47 Å². The standard InChI is InChI=1S/C24H25N3O4/c1-29-19-7-3-17(4-8-19)14-27(15-18-5-9-20(30-2)10-6-18)24-25-13-21-22(26-24)11-12-23(21)31-16-28/h3-10,13,16,23H,11-12,14-15H2,1-2H3. The number of hydrogen-bond acceptors (Lipinski definition) is 7. The lowest BCUT2D eigenvalue weighted by atomic mass is 10.1. The van der Waals surface area contributed by atoms with Crippen LogP contribution in [0.2, 0.25) is 0 Å². The van der Waals surface area contributed by atoms with E-state index >= 15 is 0 Å². The number of rotatable bonds is 9. The first kappa shape index (κ1) is 20.7. The molecule has 0 aliphatic heterocycles. The van der Waals surface area contributed by atoms with Crippen LogP contribution in [0, 0.1) is 0 Å². The smallest absolute Gasteiger partial charge is 0.293 e. The number of benzene rings is 2. The molecule has 1 heterocycles. The normalized spacial score (nSPS) is 14.6. The highest BCUT2D eigenvalue weighted by Gasteiger charge is 2.27. The molecule has 0 fully saturated rings. The van der Waals surface area contributed by atoms with Gasteiger partial charge in [-0.15, -0.1) is 0 Å². The number of fused-ring (bicyclic) bond motifs is 1. The lowest BCUT2D eigenvalue weighted by Crippen LogP contribution is -2.24. The third-order valence-corrected chi connectivity index (χ3v) is 5.45. The second-order valence-electron chi connectivity index (χ2n) is 7.38. The molecule has 160 valence electrons. The number of aromatic nitrogens is 2. The van der Waals surface area contributed by atoms with Crippen molar-refractivity contribution in [3.63, 3.8) is 0 Å². The summed E-state index contributed by atoms with van der Waals surface area (Å²) in [5.74, 6) is 2.29. The van der Waals surface area contributed by atoms with Crippen LogP contribution in [0.4, 0.5) is 5.95 Å². The number of nitrogens with zero attached hydrogens (tertiary/aromatic N) is 3. The molecule has 31 heavy (non-hydrogen) atoms. The Hall–Kier alpha value is -3.61. The van der Waals surface area contributed by atoms with Crippen LogP contribution < -0.4 is 14.4 Å². The fourth-order valence-corrected chi connectivity index (χ4v) is 3.77. The second kappa shape index (κ2) is 9.47. The fraction of sp³-hybridized carbons (Fsp3) is 0.292. The van der Waals surface area contributed by atoms with Crippen molar-refractivity contribution in [2.45, 2.75) is 32.0 Å². The van der Waals surface area contributed by atoms with Crippen molar-refractivity contribution in [2.24, 2.45) is 0 Å². The van der Waals surface area contributed by atoms with E-state index in [-0.39, 0.29) is 6.10 Å². The van der Waals surface area contributed by atoms with Crippen LogP contribution >= 0.6 is 0 Å². The third kappa shape index (κ3) is 4.77. The van der Waals surface area contributed by atoms with Crippen molar-refractivity contribution in [2.75, 3.05) is 19.1 Å². The zero-order chi connectivity index (χ0) is 21.6. The summed E-state index contributed by atoms with van der Waals surface area (Å²) in [4.78, 5) is 22.3. The largest absolute Gasteiger partial charge is 0.497 e. The number of ether oxygens (including phenoxy) is 3. The van der Waals surface area contributed by atoms with Crippen molar-refractivity contribution in [3.05, 3.63) is 77.1 Å². The van der Waals surface area contributed by atoms with E-state index in [0.29, 0.717) is 25.5 Å². The minimum absolute atomic E-state index is 0.252. The lowest BCUT2D eigenvalue weighted by Gasteiger charge is -2.24. The van der Waals surface area contributed by atoms with Crippen molar-refractivity contribution in [1.29, 1.82) is 0 Å². The molecule has 0 amide bonds. The number of methoxy groups -OCH3 is 2. The first-order chi connectivity index (χ1) is 15.2. The highest BCUT2D eigenvalue weighted by atomic mass is 16.5. The Labute approximate surface area is 181 Å². The fourth-order valence-electron chi connectivity index (χ4n) is 3.77. The first-order valence-electron chi connectivity index (χ1n) is 10.2. The maximum absolute atomic E-state index is 10.8. The van der Waals surface area contributed by atoms with Crippen molar-refractivity contribution in [3.8, 4) is 11.5 Å². The van der Waals surface area contributed by atoms with Gasteiger partial charge in [-0.05, 0) is 48.2 Å². The van der Waals surface area contributed by atoms with Gasteiger partial charge < -0.3 is 19.1 Å². The van der Waals surface area contributed by atoms with Gasteiger partial charge in [-0.25, -0.2) is 9.97 Å². The molecule has 1 aliphatic carbocycles. The van der Waals surface area contributed by atoms with Crippen molar-refractivity contribution < 1.29 is 19.0 Å². The maximum Gasteiger partial charge on any atom is 0.293 e. The average molecular weight is 419 g/mol. The Morgan fingerprint density at radius 3 is 2.06 bits per heavy atom. The van der Waals surface area contributed by atoms with Crippen molar-refractivity contribution in [1.82, 2.24) is 9.97 Å². The summed E-state index contributed by atoms with van der Waals surface area (Å²) in [6, 6.07) is 16.0. The van der Waals surface area contributed by atoms with Gasteiger partial charge in [0.15, 0.2) is 0 Å². The van der Waals surface area contributed by atoms with E-state index in [2.05, 4.69) is 9.88 Å². The molecule has 0 spiro atoms. The third-order valence-electron chi connectivity index (χ3n) is 5.45. The topological polar surface area (TPSA) is 73.8 Å². The van der Waals surface area contributed by atoms with E-state index in [1.54, 1.807) is 20.4 Å². The molecule has 0 bridgehead atoms. The lowest BCUT2D eigenvalue weighted by molar-refractivity contribution is -0.133. The van der Waals surface area contributed by atoms with E-state index in [9.17, 15) is 4.79 Å². The summed E-state index contributed by atoms with van der Waals surface area (Å²) in [5, 5.41) is 0. The van der Waals surface area contributed by atoms with Crippen LogP contribution in [0.25, 0.3) is 0 Å². The van der Waals surface area contributed by atoms with Crippen LogP contribution in [-0.2, 0) is 29.0 Å². The number of anilines is 1. The highest BCUT2D eigenvalue weighted by molar-refractivity contribution is 5.43. The summed E-state index contributed by atoms with van der Waals surface area (Å²) >= 11 is 0. The maximum atomic E-state index is 10.8. The number of aryl methyl sites for hydroxylation is 1. The minimum Gasteiger partial charge on any atom is -0.497 e. The minimum atomic E-state index is -0.252. The zero-order valence-corrected chi connectivity index (χ0v) is 17.7. The van der Waals surface area contributed by atoms with E-state index in [1.165, 1.54) is 0 Å². The van der Waals surface area contributed by atoms with E-state index in [1.807, 2.05) is 48.5 Å². The predicted octanol–water partition coefficient (Wildman–Crippen LogP) is 3.86. The van der Waals surface area contributed by atoms with Gasteiger partial charge in [0.2, 0.25) is 5.95 Å². The molecule has 7 nitrogen and oxygen atoms in total. The number of hydrogen-bond donors (Lipinski definition) is 0. The first-order valence-corrected chi connectivity index (χ1v) is 10.2. The van der Waals surface area contributed by atoms with Crippen LogP contribution in [0.3, 0.4) is 0 Å². The molecule has 0 saturated carbocycles. The Morgan fingerprint density at radius 1 is 0.968 bits per heavy atom. The highest BCUT2D eigenvalue weighted by Crippen LogP contribution is 2.33. The molecular formula is C24H25N3O4. The molecule has 0 N–H and O–H groups in total. The number of carbonyl (C=O) groups is 1. The van der Waals surface area contributed by atoms with Crippen LogP contribution in [0.15, 0.2) is 54.7 Å². The Morgan fingerprint density at radius 2 is 1.55 bits per heavy atom. The van der Waals surface area contributed by atoms with E-state index < -0.39 is 0 Å². The molecule has 1 aromatic heterocycles. The summed E-state index contributed by atoms with van der Waals surface area (Å²) < 4.78 is 15.7. The molecule has 1 aliphatic rings. The molecule has 0 radical (unpaired) electrons. The van der Waals surface area contributed by atoms with Crippen LogP contribution in [-0.4, -0.2) is 30.7 Å². The average Bonchev–Trinajstić information content (AvgIpc) is 3.22. The predicted molar refractivity (Wildman–Crippen MR) is 116 cm³/mol. The zero-order valence-electron chi connectivity index (χ0n) is 17.7.